The van der Waals surface area contributed by atoms with Gasteiger partial charge in [0.1, 0.15) is 5.82 Å². The fourth-order valence-corrected chi connectivity index (χ4v) is 3.27. The first-order valence-corrected chi connectivity index (χ1v) is 8.85. The summed E-state index contributed by atoms with van der Waals surface area (Å²) in [6.07, 6.45) is 4.83. The summed E-state index contributed by atoms with van der Waals surface area (Å²) in [5.41, 5.74) is 0.850. The van der Waals surface area contributed by atoms with Gasteiger partial charge in [0.15, 0.2) is 0 Å². The van der Waals surface area contributed by atoms with Crippen LogP contribution in [0.2, 0.25) is 5.02 Å². The molecule has 1 aromatic carbocycles. The fourth-order valence-electron chi connectivity index (χ4n) is 3.02. The Bertz CT molecular complexity index is 793. The molecule has 0 unspecified atom stereocenters. The minimum absolute atomic E-state index is 0.0151. The molecule has 1 aliphatic heterocycles. The highest BCUT2D eigenvalue weighted by Gasteiger charge is 2.24. The van der Waals surface area contributed by atoms with E-state index in [4.69, 9.17) is 11.6 Å². The van der Waals surface area contributed by atoms with Gasteiger partial charge in [-0.1, -0.05) is 11.6 Å². The highest BCUT2D eigenvalue weighted by atomic mass is 35.5. The second kappa shape index (κ2) is 8.27. The van der Waals surface area contributed by atoms with Crippen LogP contribution in [0.3, 0.4) is 0 Å². The van der Waals surface area contributed by atoms with Crippen LogP contribution in [-0.2, 0) is 0 Å². The third-order valence-corrected chi connectivity index (χ3v) is 4.85. The van der Waals surface area contributed by atoms with Crippen LogP contribution < -0.4 is 5.32 Å². The second-order valence-corrected chi connectivity index (χ2v) is 6.72. The number of nitrogens with one attached hydrogen (secondary N) is 1. The van der Waals surface area contributed by atoms with Crippen molar-refractivity contribution in [3.05, 3.63) is 64.7 Å². The number of amides is 2. The Kier molecular flexibility index (Phi) is 5.83. The van der Waals surface area contributed by atoms with Crippen molar-refractivity contribution in [2.75, 3.05) is 19.6 Å². The van der Waals surface area contributed by atoms with Gasteiger partial charge in [0, 0.05) is 32.0 Å². The van der Waals surface area contributed by atoms with Crippen molar-refractivity contribution in [3.63, 3.8) is 0 Å². The zero-order valence-corrected chi connectivity index (χ0v) is 14.9. The van der Waals surface area contributed by atoms with Gasteiger partial charge in [0.05, 0.1) is 16.1 Å². The van der Waals surface area contributed by atoms with Gasteiger partial charge in [0.25, 0.3) is 11.8 Å². The molecular formula is C19H19ClFN3O2. The average molecular weight is 376 g/mol. The summed E-state index contributed by atoms with van der Waals surface area (Å²) < 4.78 is 13.1. The van der Waals surface area contributed by atoms with Gasteiger partial charge in [-0.25, -0.2) is 4.39 Å². The minimum Gasteiger partial charge on any atom is -0.352 e. The molecule has 0 aliphatic carbocycles. The lowest BCUT2D eigenvalue weighted by Gasteiger charge is -2.32. The number of halogens is 2. The molecule has 0 radical (unpaired) electrons. The first-order valence-electron chi connectivity index (χ1n) is 8.47. The lowest BCUT2D eigenvalue weighted by Crippen LogP contribution is -2.41. The number of rotatable bonds is 4. The van der Waals surface area contributed by atoms with Gasteiger partial charge < -0.3 is 10.2 Å². The molecule has 2 heterocycles. The maximum Gasteiger partial charge on any atom is 0.255 e. The van der Waals surface area contributed by atoms with Crippen molar-refractivity contribution >= 4 is 23.4 Å². The van der Waals surface area contributed by atoms with Crippen LogP contribution >= 0.6 is 11.6 Å². The molecule has 26 heavy (non-hydrogen) atoms. The number of nitrogens with zero attached hydrogens (tertiary/aromatic N) is 2. The third kappa shape index (κ3) is 4.38. The van der Waals surface area contributed by atoms with Crippen molar-refractivity contribution in [2.45, 2.75) is 12.8 Å². The first-order chi connectivity index (χ1) is 12.5. The Labute approximate surface area is 156 Å². The highest BCUT2D eigenvalue weighted by Crippen LogP contribution is 2.20. The Morgan fingerprint density at radius 3 is 2.69 bits per heavy atom. The number of carbonyl (C=O) groups excluding carboxylic acids is 2. The molecule has 2 aromatic rings. The first kappa shape index (κ1) is 18.3. The molecule has 0 spiro atoms. The molecule has 1 fully saturated rings. The van der Waals surface area contributed by atoms with Gasteiger partial charge >= 0.3 is 0 Å². The standard InChI is InChI=1S/C19H19ClFN3O2/c20-17-10-15(21)3-4-16(17)18(25)23-11-13-5-8-24(9-6-13)19(26)14-2-1-7-22-12-14/h1-4,7,10,12-13H,5-6,8-9,11H2,(H,23,25). The summed E-state index contributed by atoms with van der Waals surface area (Å²) in [5, 5.41) is 2.94. The zero-order chi connectivity index (χ0) is 18.5. The summed E-state index contributed by atoms with van der Waals surface area (Å²) >= 11 is 5.91. The summed E-state index contributed by atoms with van der Waals surface area (Å²) in [6, 6.07) is 7.22. The smallest absolute Gasteiger partial charge is 0.255 e. The van der Waals surface area contributed by atoms with Gasteiger partial charge in [-0.2, -0.15) is 0 Å². The normalized spacial score (nSPS) is 14.9. The molecule has 1 N–H and O–H groups in total. The van der Waals surface area contributed by atoms with E-state index in [-0.39, 0.29) is 28.3 Å². The molecular weight excluding hydrogens is 357 g/mol. The lowest BCUT2D eigenvalue weighted by atomic mass is 9.96. The lowest BCUT2D eigenvalue weighted by molar-refractivity contribution is 0.0684. The van der Waals surface area contributed by atoms with Gasteiger partial charge in [-0.15, -0.1) is 0 Å². The quantitative estimate of drug-likeness (QED) is 0.892. The molecule has 1 aromatic heterocycles. The maximum atomic E-state index is 13.1. The van der Waals surface area contributed by atoms with Crippen molar-refractivity contribution < 1.29 is 14.0 Å². The number of carbonyl (C=O) groups is 2. The van der Waals surface area contributed by atoms with Gasteiger partial charge in [-0.3, -0.25) is 14.6 Å². The third-order valence-electron chi connectivity index (χ3n) is 4.54. The van der Waals surface area contributed by atoms with E-state index in [0.29, 0.717) is 25.2 Å². The van der Waals surface area contributed by atoms with E-state index in [1.54, 1.807) is 24.5 Å². The monoisotopic (exact) mass is 375 g/mol. The van der Waals surface area contributed by atoms with Crippen LogP contribution in [0.25, 0.3) is 0 Å². The molecule has 0 bridgehead atoms. The predicted octanol–water partition coefficient (Wildman–Crippen LogP) is 3.16. The van der Waals surface area contributed by atoms with E-state index in [2.05, 4.69) is 10.3 Å². The van der Waals surface area contributed by atoms with E-state index >= 15 is 0 Å². The predicted molar refractivity (Wildman–Crippen MR) is 96.6 cm³/mol. The van der Waals surface area contributed by atoms with Gasteiger partial charge in [0.2, 0.25) is 0 Å². The Morgan fingerprint density at radius 1 is 1.27 bits per heavy atom. The molecule has 5 nitrogen and oxygen atoms in total. The zero-order valence-electron chi connectivity index (χ0n) is 14.1. The number of hydrogen-bond donors (Lipinski definition) is 1. The molecule has 2 amide bonds. The van der Waals surface area contributed by atoms with Crippen LogP contribution in [0.4, 0.5) is 4.39 Å². The van der Waals surface area contributed by atoms with Crippen molar-refractivity contribution in [2.24, 2.45) is 5.92 Å². The van der Waals surface area contributed by atoms with Gasteiger partial charge in [-0.05, 0) is 49.1 Å². The van der Waals surface area contributed by atoms with Crippen LogP contribution in [0.5, 0.6) is 0 Å². The Hall–Kier alpha value is -2.47. The summed E-state index contributed by atoms with van der Waals surface area (Å²) in [6.45, 7) is 1.79. The molecule has 136 valence electrons. The fraction of sp³-hybridized carbons (Fsp3) is 0.316. The Morgan fingerprint density at radius 2 is 2.04 bits per heavy atom. The number of hydrogen-bond acceptors (Lipinski definition) is 3. The number of piperidine rings is 1. The Balaban J connectivity index is 1.48. The van der Waals surface area contributed by atoms with E-state index < -0.39 is 5.82 Å². The van der Waals surface area contributed by atoms with Crippen LogP contribution in [0, 0.1) is 11.7 Å². The van der Waals surface area contributed by atoms with Crippen LogP contribution in [0.1, 0.15) is 33.6 Å². The van der Waals surface area contributed by atoms with Crippen molar-refractivity contribution in [1.82, 2.24) is 15.2 Å². The largest absolute Gasteiger partial charge is 0.352 e. The van der Waals surface area contributed by atoms with E-state index in [1.807, 2.05) is 4.90 Å². The molecule has 0 saturated carbocycles. The number of aromatic nitrogens is 1. The molecule has 0 atom stereocenters. The number of pyridine rings is 1. The average Bonchev–Trinajstić information content (AvgIpc) is 2.66. The maximum absolute atomic E-state index is 13.1. The summed E-state index contributed by atoms with van der Waals surface area (Å²) in [5.74, 6) is -0.518. The second-order valence-electron chi connectivity index (χ2n) is 6.31. The van der Waals surface area contributed by atoms with Crippen LogP contribution in [-0.4, -0.2) is 41.3 Å². The number of benzene rings is 1. The topological polar surface area (TPSA) is 62.3 Å². The van der Waals surface area contributed by atoms with Crippen molar-refractivity contribution in [1.29, 1.82) is 0 Å². The van der Waals surface area contributed by atoms with Crippen LogP contribution in [0.15, 0.2) is 42.7 Å². The molecule has 3 rings (SSSR count). The molecule has 1 aliphatic rings. The summed E-state index contributed by atoms with van der Waals surface area (Å²) in [4.78, 5) is 30.4. The molecule has 1 saturated heterocycles. The van der Waals surface area contributed by atoms with E-state index in [0.717, 1.165) is 18.9 Å². The number of likely N-dealkylation sites (tertiary alicyclic amines) is 1. The van der Waals surface area contributed by atoms with E-state index in [1.165, 1.54) is 12.1 Å². The van der Waals surface area contributed by atoms with E-state index in [9.17, 15) is 14.0 Å². The SMILES string of the molecule is O=C(NCC1CCN(C(=O)c2cccnc2)CC1)c1ccc(F)cc1Cl. The van der Waals surface area contributed by atoms with Crippen molar-refractivity contribution in [3.8, 4) is 0 Å². The molecule has 7 heteroatoms. The minimum atomic E-state index is -0.475. The summed E-state index contributed by atoms with van der Waals surface area (Å²) in [7, 11) is 0. The highest BCUT2D eigenvalue weighted by molar-refractivity contribution is 6.33.